The fourth-order valence-electron chi connectivity index (χ4n) is 0.593. The van der Waals surface area contributed by atoms with Crippen molar-refractivity contribution in [3.63, 3.8) is 0 Å². The summed E-state index contributed by atoms with van der Waals surface area (Å²) < 4.78 is 0. The zero-order chi connectivity index (χ0) is 8.53. The van der Waals surface area contributed by atoms with E-state index in [1.165, 1.54) is 0 Å². The molecule has 11 heavy (non-hydrogen) atoms. The van der Waals surface area contributed by atoms with Gasteiger partial charge in [-0.05, 0) is 26.2 Å². The Morgan fingerprint density at radius 1 is 1.64 bits per heavy atom. The van der Waals surface area contributed by atoms with Crippen LogP contribution < -0.4 is 5.32 Å². The summed E-state index contributed by atoms with van der Waals surface area (Å²) in [6.07, 6.45) is 4.82. The Kier molecular flexibility index (Phi) is 6.11. The average molecular weight is 151 g/mol. The highest BCUT2D eigenvalue weighted by Gasteiger charge is 1.89. The van der Waals surface area contributed by atoms with Gasteiger partial charge in [0.05, 0.1) is 0 Å². The maximum atomic E-state index is 10.7. The number of carbonyl (C=O) groups is 1. The lowest BCUT2D eigenvalue weighted by atomic mass is 10.4. The van der Waals surface area contributed by atoms with Crippen LogP contribution in [0, 0.1) is 11.8 Å². The van der Waals surface area contributed by atoms with Gasteiger partial charge < -0.3 is 5.32 Å². The van der Waals surface area contributed by atoms with Crippen molar-refractivity contribution in [2.45, 2.75) is 20.3 Å². The first-order valence-corrected chi connectivity index (χ1v) is 3.63. The molecule has 0 heterocycles. The van der Waals surface area contributed by atoms with E-state index in [1.807, 2.05) is 19.1 Å². The summed E-state index contributed by atoms with van der Waals surface area (Å²) in [6.45, 7) is 4.26. The number of allylic oxidation sites excluding steroid dienone is 1. The summed E-state index contributed by atoms with van der Waals surface area (Å²) in [5.41, 5.74) is 0. The van der Waals surface area contributed by atoms with E-state index in [-0.39, 0.29) is 5.91 Å². The van der Waals surface area contributed by atoms with Crippen molar-refractivity contribution in [1.29, 1.82) is 0 Å². The van der Waals surface area contributed by atoms with Crippen LogP contribution >= 0.6 is 0 Å². The fourth-order valence-corrected chi connectivity index (χ4v) is 0.593. The Bertz CT molecular complexity index is 195. The van der Waals surface area contributed by atoms with Gasteiger partial charge in [0, 0.05) is 6.54 Å². The molecule has 0 saturated heterocycles. The van der Waals surface area contributed by atoms with E-state index >= 15 is 0 Å². The molecular weight excluding hydrogens is 138 g/mol. The van der Waals surface area contributed by atoms with Crippen LogP contribution in [0.25, 0.3) is 0 Å². The molecule has 0 unspecified atom stereocenters. The Morgan fingerprint density at radius 2 is 2.36 bits per heavy atom. The minimum atomic E-state index is -0.197. The quantitative estimate of drug-likeness (QED) is 0.365. The van der Waals surface area contributed by atoms with Gasteiger partial charge in [0.15, 0.2) is 0 Å². The molecule has 0 bridgehead atoms. The van der Waals surface area contributed by atoms with E-state index in [4.69, 9.17) is 0 Å². The van der Waals surface area contributed by atoms with Gasteiger partial charge in [-0.15, -0.1) is 0 Å². The molecule has 0 aliphatic heterocycles. The largest absolute Gasteiger partial charge is 0.345 e. The summed E-state index contributed by atoms with van der Waals surface area (Å²) in [6, 6.07) is 0. The van der Waals surface area contributed by atoms with Crippen LogP contribution in [-0.2, 0) is 4.79 Å². The average Bonchev–Trinajstić information content (AvgIpc) is 1.99. The highest BCUT2D eigenvalue weighted by atomic mass is 16.1. The summed E-state index contributed by atoms with van der Waals surface area (Å²) in [5, 5.41) is 2.65. The van der Waals surface area contributed by atoms with Gasteiger partial charge in [0.1, 0.15) is 0 Å². The van der Waals surface area contributed by atoms with Crippen molar-refractivity contribution in [1.82, 2.24) is 5.32 Å². The van der Waals surface area contributed by atoms with Crippen LogP contribution in [-0.4, -0.2) is 12.5 Å². The number of hydrogen-bond acceptors (Lipinski definition) is 1. The van der Waals surface area contributed by atoms with Crippen molar-refractivity contribution < 1.29 is 4.79 Å². The van der Waals surface area contributed by atoms with Gasteiger partial charge in [-0.25, -0.2) is 0 Å². The van der Waals surface area contributed by atoms with Crippen molar-refractivity contribution in [3.8, 4) is 11.8 Å². The van der Waals surface area contributed by atoms with E-state index in [2.05, 4.69) is 17.2 Å². The van der Waals surface area contributed by atoms with E-state index in [9.17, 15) is 4.79 Å². The number of amides is 1. The first-order valence-electron chi connectivity index (χ1n) is 3.63. The maximum Gasteiger partial charge on any atom is 0.295 e. The molecule has 0 saturated carbocycles. The molecule has 2 nitrogen and oxygen atoms in total. The molecule has 2 heteroatoms. The lowest BCUT2D eigenvalue weighted by Gasteiger charge is -1.94. The molecule has 1 N–H and O–H groups in total. The molecule has 0 spiro atoms. The second-order valence-electron chi connectivity index (χ2n) is 1.99. The number of carbonyl (C=O) groups excluding carboxylic acids is 1. The number of rotatable bonds is 3. The second-order valence-corrected chi connectivity index (χ2v) is 1.99. The summed E-state index contributed by atoms with van der Waals surface area (Å²) in [7, 11) is 0. The Morgan fingerprint density at radius 3 is 2.91 bits per heavy atom. The normalized spacial score (nSPS) is 8.91. The summed E-state index contributed by atoms with van der Waals surface area (Å²) in [5.74, 6) is 4.73. The molecule has 0 aromatic carbocycles. The van der Waals surface area contributed by atoms with Crippen molar-refractivity contribution in [3.05, 3.63) is 12.2 Å². The molecule has 0 rings (SSSR count). The minimum absolute atomic E-state index is 0.197. The third kappa shape index (κ3) is 6.66. The van der Waals surface area contributed by atoms with Gasteiger partial charge in [-0.3, -0.25) is 4.79 Å². The lowest BCUT2D eigenvalue weighted by molar-refractivity contribution is -0.115. The monoisotopic (exact) mass is 151 g/mol. The highest BCUT2D eigenvalue weighted by Crippen LogP contribution is 1.78. The number of nitrogens with one attached hydrogen (secondary N) is 1. The van der Waals surface area contributed by atoms with Crippen LogP contribution in [0.5, 0.6) is 0 Å². The Hall–Kier alpha value is -1.23. The van der Waals surface area contributed by atoms with Gasteiger partial charge in [0.25, 0.3) is 5.91 Å². The zero-order valence-corrected chi connectivity index (χ0v) is 6.98. The molecule has 0 aromatic heterocycles. The highest BCUT2D eigenvalue weighted by molar-refractivity contribution is 5.93. The van der Waals surface area contributed by atoms with Crippen LogP contribution in [0.1, 0.15) is 20.3 Å². The molecule has 1 amide bonds. The third-order valence-electron chi connectivity index (χ3n) is 1.07. The summed E-state index contributed by atoms with van der Waals surface area (Å²) in [4.78, 5) is 10.7. The van der Waals surface area contributed by atoms with Crippen LogP contribution in [0.3, 0.4) is 0 Å². The fraction of sp³-hybridized carbons (Fsp3) is 0.444. The van der Waals surface area contributed by atoms with Crippen molar-refractivity contribution in [2.24, 2.45) is 0 Å². The predicted octanol–water partition coefficient (Wildman–Crippen LogP) is 1.09. The third-order valence-corrected chi connectivity index (χ3v) is 1.07. The van der Waals surface area contributed by atoms with Gasteiger partial charge in [-0.2, -0.15) is 0 Å². The smallest absolute Gasteiger partial charge is 0.295 e. The maximum absolute atomic E-state index is 10.7. The van der Waals surface area contributed by atoms with Crippen LogP contribution in [0.2, 0.25) is 0 Å². The Balaban J connectivity index is 3.37. The van der Waals surface area contributed by atoms with Gasteiger partial charge in [-0.1, -0.05) is 18.1 Å². The molecule has 0 radical (unpaired) electrons. The summed E-state index contributed by atoms with van der Waals surface area (Å²) >= 11 is 0. The Labute approximate surface area is 67.7 Å². The minimum Gasteiger partial charge on any atom is -0.345 e. The topological polar surface area (TPSA) is 29.1 Å². The van der Waals surface area contributed by atoms with Crippen LogP contribution in [0.4, 0.5) is 0 Å². The van der Waals surface area contributed by atoms with E-state index in [0.717, 1.165) is 6.42 Å². The number of hydrogen-bond donors (Lipinski definition) is 1. The molecule has 0 aliphatic carbocycles. The predicted molar refractivity (Wildman–Crippen MR) is 45.9 cm³/mol. The second kappa shape index (κ2) is 6.88. The molecule has 0 fully saturated rings. The molecule has 60 valence electrons. The molecular formula is C9H13NO. The first kappa shape index (κ1) is 9.77. The first-order chi connectivity index (χ1) is 5.31. The van der Waals surface area contributed by atoms with Gasteiger partial charge >= 0.3 is 0 Å². The van der Waals surface area contributed by atoms with E-state index in [0.29, 0.717) is 6.54 Å². The lowest BCUT2D eigenvalue weighted by Crippen LogP contribution is -2.21. The van der Waals surface area contributed by atoms with E-state index in [1.54, 1.807) is 6.92 Å². The van der Waals surface area contributed by atoms with E-state index < -0.39 is 0 Å². The van der Waals surface area contributed by atoms with Gasteiger partial charge in [0.2, 0.25) is 0 Å². The van der Waals surface area contributed by atoms with Crippen LogP contribution in [0.15, 0.2) is 12.2 Å². The molecule has 0 aromatic rings. The SMILES string of the molecule is CC#CC(=O)NCC/C=C/C. The molecule has 0 atom stereocenters. The standard InChI is InChI=1S/C9H13NO/c1-3-5-6-8-10-9(11)7-4-2/h3,5H,6,8H2,1-2H3,(H,10,11)/b5-3+. The van der Waals surface area contributed by atoms with Crippen molar-refractivity contribution in [2.75, 3.05) is 6.54 Å². The van der Waals surface area contributed by atoms with Crippen molar-refractivity contribution >= 4 is 5.91 Å². The molecule has 0 aliphatic rings. The zero-order valence-electron chi connectivity index (χ0n) is 6.98.